The van der Waals surface area contributed by atoms with Crippen LogP contribution in [0.3, 0.4) is 0 Å². The van der Waals surface area contributed by atoms with Crippen LogP contribution in [0.5, 0.6) is 0 Å². The molecule has 156 valence electrons. The Bertz CT molecular complexity index is 526. The second-order valence-electron chi connectivity index (χ2n) is 9.19. The molecular formula is C23H41NO3. The maximum Gasteiger partial charge on any atom is 0.172 e. The van der Waals surface area contributed by atoms with Gasteiger partial charge in [0.05, 0.1) is 19.4 Å². The highest BCUT2D eigenvalue weighted by Crippen LogP contribution is 2.45. The average molecular weight is 380 g/mol. The molecule has 1 fully saturated rings. The lowest BCUT2D eigenvalue weighted by atomic mass is 9.70. The summed E-state index contributed by atoms with van der Waals surface area (Å²) in [6, 6.07) is 0. The van der Waals surface area contributed by atoms with Gasteiger partial charge in [-0.05, 0) is 38.0 Å². The molecular weight excluding hydrogens is 338 g/mol. The maximum atomic E-state index is 6.41. The van der Waals surface area contributed by atoms with Crippen LogP contribution in [-0.2, 0) is 14.2 Å². The molecule has 0 N–H and O–H groups in total. The van der Waals surface area contributed by atoms with Crippen molar-refractivity contribution >= 4 is 0 Å². The van der Waals surface area contributed by atoms with Gasteiger partial charge in [-0.3, -0.25) is 4.90 Å². The quantitative estimate of drug-likeness (QED) is 0.388. The molecule has 2 aliphatic rings. The van der Waals surface area contributed by atoms with E-state index < -0.39 is 0 Å². The highest BCUT2D eigenvalue weighted by atomic mass is 16.7. The molecule has 1 saturated heterocycles. The van der Waals surface area contributed by atoms with E-state index in [1.807, 2.05) is 6.92 Å². The van der Waals surface area contributed by atoms with Gasteiger partial charge in [0, 0.05) is 32.5 Å². The van der Waals surface area contributed by atoms with Crippen LogP contribution in [-0.4, -0.2) is 49.8 Å². The minimum atomic E-state index is -0.389. The zero-order valence-electron chi connectivity index (χ0n) is 18.5. The van der Waals surface area contributed by atoms with Gasteiger partial charge in [0.25, 0.3) is 0 Å². The van der Waals surface area contributed by atoms with Crippen molar-refractivity contribution in [3.8, 4) is 0 Å². The molecule has 0 radical (unpaired) electrons. The molecule has 27 heavy (non-hydrogen) atoms. The van der Waals surface area contributed by atoms with Crippen molar-refractivity contribution in [2.45, 2.75) is 79.1 Å². The van der Waals surface area contributed by atoms with Crippen molar-refractivity contribution in [1.82, 2.24) is 4.90 Å². The van der Waals surface area contributed by atoms with Crippen molar-refractivity contribution in [3.05, 3.63) is 23.8 Å². The van der Waals surface area contributed by atoms with Crippen LogP contribution < -0.4 is 0 Å². The van der Waals surface area contributed by atoms with Crippen molar-refractivity contribution < 1.29 is 14.2 Å². The molecule has 1 heterocycles. The smallest absolute Gasteiger partial charge is 0.172 e. The predicted molar refractivity (Wildman–Crippen MR) is 112 cm³/mol. The van der Waals surface area contributed by atoms with E-state index in [0.717, 1.165) is 51.0 Å². The summed E-state index contributed by atoms with van der Waals surface area (Å²) in [6.45, 7) is 21.4. The topological polar surface area (TPSA) is 30.9 Å². The van der Waals surface area contributed by atoms with Crippen LogP contribution in [0.25, 0.3) is 0 Å². The molecule has 2 rings (SSSR count). The Morgan fingerprint density at radius 1 is 1.44 bits per heavy atom. The van der Waals surface area contributed by atoms with E-state index >= 15 is 0 Å². The highest BCUT2D eigenvalue weighted by Gasteiger charge is 2.43. The summed E-state index contributed by atoms with van der Waals surface area (Å²) < 4.78 is 18.2. The van der Waals surface area contributed by atoms with Crippen LogP contribution >= 0.6 is 0 Å². The first-order chi connectivity index (χ1) is 12.7. The van der Waals surface area contributed by atoms with Crippen molar-refractivity contribution in [2.24, 2.45) is 11.3 Å². The zero-order chi connectivity index (χ0) is 20.1. The van der Waals surface area contributed by atoms with Crippen LogP contribution in [0.2, 0.25) is 0 Å². The summed E-state index contributed by atoms with van der Waals surface area (Å²) in [4.78, 5) is 2.30. The first kappa shape index (κ1) is 22.6. The molecule has 0 aromatic heterocycles. The minimum absolute atomic E-state index is 0.173. The Hall–Kier alpha value is -0.680. The predicted octanol–water partition coefficient (Wildman–Crippen LogP) is 5.15. The fourth-order valence-corrected chi connectivity index (χ4v) is 3.88. The molecule has 0 saturated carbocycles. The van der Waals surface area contributed by atoms with E-state index in [9.17, 15) is 0 Å². The summed E-state index contributed by atoms with van der Waals surface area (Å²) in [5.74, 6) is 0.251. The number of nitrogens with zero attached hydrogens (tertiary/aromatic N) is 1. The minimum Gasteiger partial charge on any atom is -0.366 e. The van der Waals surface area contributed by atoms with Gasteiger partial charge in [-0.2, -0.15) is 0 Å². The summed E-state index contributed by atoms with van der Waals surface area (Å²) in [7, 11) is 0. The molecule has 1 aliphatic carbocycles. The molecule has 1 spiro atoms. The van der Waals surface area contributed by atoms with Crippen LogP contribution in [0, 0.1) is 11.3 Å². The van der Waals surface area contributed by atoms with Crippen molar-refractivity contribution in [1.29, 1.82) is 0 Å². The van der Waals surface area contributed by atoms with E-state index in [4.69, 9.17) is 14.2 Å². The summed E-state index contributed by atoms with van der Waals surface area (Å²) in [5.41, 5.74) is 2.97. The lowest BCUT2D eigenvalue weighted by Gasteiger charge is -2.39. The Balaban J connectivity index is 1.86. The molecule has 1 aliphatic heterocycles. The molecule has 0 aromatic carbocycles. The third-order valence-electron chi connectivity index (χ3n) is 6.36. The van der Waals surface area contributed by atoms with Crippen molar-refractivity contribution in [3.63, 3.8) is 0 Å². The van der Waals surface area contributed by atoms with Crippen LogP contribution in [0.15, 0.2) is 23.8 Å². The highest BCUT2D eigenvalue weighted by molar-refractivity contribution is 5.18. The van der Waals surface area contributed by atoms with Gasteiger partial charge >= 0.3 is 0 Å². The van der Waals surface area contributed by atoms with E-state index in [-0.39, 0.29) is 17.3 Å². The normalized spacial score (nSPS) is 26.2. The summed E-state index contributed by atoms with van der Waals surface area (Å²) in [6.07, 6.45) is 6.45. The fraction of sp³-hybridized carbons (Fsp3) is 0.826. The van der Waals surface area contributed by atoms with Gasteiger partial charge in [0.2, 0.25) is 0 Å². The van der Waals surface area contributed by atoms with Gasteiger partial charge in [-0.1, -0.05) is 51.5 Å². The monoisotopic (exact) mass is 379 g/mol. The van der Waals surface area contributed by atoms with Crippen LogP contribution in [0.4, 0.5) is 0 Å². The summed E-state index contributed by atoms with van der Waals surface area (Å²) >= 11 is 0. The van der Waals surface area contributed by atoms with Gasteiger partial charge < -0.3 is 14.2 Å². The first-order valence-electron chi connectivity index (χ1n) is 10.6. The molecule has 4 nitrogen and oxygen atoms in total. The molecule has 4 heteroatoms. The summed E-state index contributed by atoms with van der Waals surface area (Å²) in [5, 5.41) is 0. The molecule has 0 bridgehead atoms. The zero-order valence-corrected chi connectivity index (χ0v) is 18.5. The lowest BCUT2D eigenvalue weighted by molar-refractivity contribution is -0.174. The third-order valence-corrected chi connectivity index (χ3v) is 6.36. The van der Waals surface area contributed by atoms with E-state index in [2.05, 4.69) is 52.2 Å². The number of rotatable bonds is 10. The maximum absolute atomic E-state index is 6.41. The van der Waals surface area contributed by atoms with E-state index in [1.165, 1.54) is 0 Å². The SMILES string of the molecule is C=C(C)CN(CCC1COC2(CC=C(C(C)(C)C(C)C)CC2)O1)COCC. The second kappa shape index (κ2) is 9.69. The standard InChI is InChI=1S/C23H41NO3/c1-8-25-17-24(15-18(2)3)14-11-21-16-26-23(27-21)12-9-20(10-13-23)22(6,7)19(4)5/h9,19,21H,2,8,10-17H2,1,3-7H3. The van der Waals surface area contributed by atoms with Crippen LogP contribution in [0.1, 0.15) is 67.2 Å². The molecule has 0 aromatic rings. The van der Waals surface area contributed by atoms with Gasteiger partial charge in [0.15, 0.2) is 5.79 Å². The molecule has 2 atom stereocenters. The Labute approximate surface area is 166 Å². The number of ether oxygens (including phenoxy) is 3. The Morgan fingerprint density at radius 3 is 2.74 bits per heavy atom. The first-order valence-corrected chi connectivity index (χ1v) is 10.6. The fourth-order valence-electron chi connectivity index (χ4n) is 3.88. The number of hydrogen-bond acceptors (Lipinski definition) is 4. The Morgan fingerprint density at radius 2 is 2.19 bits per heavy atom. The lowest BCUT2D eigenvalue weighted by Crippen LogP contribution is -2.36. The van der Waals surface area contributed by atoms with Gasteiger partial charge in [-0.15, -0.1) is 0 Å². The van der Waals surface area contributed by atoms with E-state index in [1.54, 1.807) is 5.57 Å². The average Bonchev–Trinajstić information content (AvgIpc) is 3.00. The molecule has 0 amide bonds. The number of hydrogen-bond donors (Lipinski definition) is 0. The third kappa shape index (κ3) is 6.15. The second-order valence-corrected chi connectivity index (χ2v) is 9.19. The van der Waals surface area contributed by atoms with Crippen molar-refractivity contribution in [2.75, 3.05) is 33.0 Å². The Kier molecular flexibility index (Phi) is 8.11. The van der Waals surface area contributed by atoms with Gasteiger partial charge in [-0.25, -0.2) is 0 Å². The molecule has 2 unspecified atom stereocenters. The van der Waals surface area contributed by atoms with E-state index in [0.29, 0.717) is 19.3 Å². The number of allylic oxidation sites excluding steroid dienone is 1. The van der Waals surface area contributed by atoms with Gasteiger partial charge in [0.1, 0.15) is 0 Å². The largest absolute Gasteiger partial charge is 0.366 e.